The summed E-state index contributed by atoms with van der Waals surface area (Å²) in [5.41, 5.74) is -2.99. The Morgan fingerprint density at radius 1 is 1.56 bits per heavy atom. The van der Waals surface area contributed by atoms with Crippen molar-refractivity contribution in [1.29, 1.82) is 0 Å². The van der Waals surface area contributed by atoms with Gasteiger partial charge in [0.2, 0.25) is 5.54 Å². The van der Waals surface area contributed by atoms with Crippen LogP contribution in [0.2, 0.25) is 0 Å². The maximum absolute atomic E-state index is 12.5. The molecule has 0 aliphatic heterocycles. The van der Waals surface area contributed by atoms with Gasteiger partial charge in [-0.25, -0.2) is 4.79 Å². The number of hydrogen-bond donors (Lipinski definition) is 2. The number of alkyl halides is 3. The fraction of sp³-hybridized carbons (Fsp3) is 0.444. The van der Waals surface area contributed by atoms with Crippen LogP contribution in [0.25, 0.3) is 0 Å². The van der Waals surface area contributed by atoms with Gasteiger partial charge in [0.05, 0.1) is 12.8 Å². The smallest absolute Gasteiger partial charge is 0.417 e. The van der Waals surface area contributed by atoms with Gasteiger partial charge in [0.15, 0.2) is 0 Å². The summed E-state index contributed by atoms with van der Waals surface area (Å²) in [4.78, 5) is 10.6. The van der Waals surface area contributed by atoms with E-state index in [2.05, 4.69) is 0 Å². The molecule has 1 unspecified atom stereocenters. The van der Waals surface area contributed by atoms with E-state index in [1.165, 1.54) is 18.4 Å². The molecule has 0 saturated carbocycles. The van der Waals surface area contributed by atoms with Crippen LogP contribution in [0.4, 0.5) is 13.2 Å². The average molecular weight is 237 g/mol. The summed E-state index contributed by atoms with van der Waals surface area (Å²) in [5, 5.41) is 10.5. The number of rotatable bonds is 4. The molecule has 7 heteroatoms. The summed E-state index contributed by atoms with van der Waals surface area (Å²) >= 11 is 0. The van der Waals surface area contributed by atoms with Crippen LogP contribution in [0.3, 0.4) is 0 Å². The fourth-order valence-electron chi connectivity index (χ4n) is 0.974. The lowest BCUT2D eigenvalue weighted by Gasteiger charge is -2.28. The van der Waals surface area contributed by atoms with Crippen molar-refractivity contribution < 1.29 is 27.5 Å². The highest BCUT2D eigenvalue weighted by atomic mass is 19.4. The van der Waals surface area contributed by atoms with Gasteiger partial charge in [-0.1, -0.05) is 0 Å². The number of carboxylic acids is 1. The first-order valence-electron chi connectivity index (χ1n) is 4.35. The number of nitrogens with one attached hydrogen (secondary N) is 1. The standard InChI is InChI=1S/C9H10F3NO3/c1-8(7(14)15,9(10,11)12)13-5-6-3-2-4-16-6/h2-4,13H,5H2,1H3,(H,14,15). The Balaban J connectivity index is 2.77. The predicted molar refractivity (Wildman–Crippen MR) is 47.6 cm³/mol. The van der Waals surface area contributed by atoms with E-state index in [0.717, 1.165) is 0 Å². The van der Waals surface area contributed by atoms with Gasteiger partial charge in [-0.05, 0) is 19.1 Å². The quantitative estimate of drug-likeness (QED) is 0.837. The molecule has 90 valence electrons. The minimum atomic E-state index is -4.88. The topological polar surface area (TPSA) is 62.5 Å². The molecule has 1 aromatic heterocycles. The van der Waals surface area contributed by atoms with Gasteiger partial charge in [-0.15, -0.1) is 0 Å². The van der Waals surface area contributed by atoms with Crippen molar-refractivity contribution >= 4 is 5.97 Å². The molecule has 4 nitrogen and oxygen atoms in total. The molecular weight excluding hydrogens is 227 g/mol. The van der Waals surface area contributed by atoms with Crippen molar-refractivity contribution in [1.82, 2.24) is 5.32 Å². The van der Waals surface area contributed by atoms with Crippen LogP contribution in [0, 0.1) is 0 Å². The molecule has 16 heavy (non-hydrogen) atoms. The summed E-state index contributed by atoms with van der Waals surface area (Å²) in [6.07, 6.45) is -3.59. The lowest BCUT2D eigenvalue weighted by molar-refractivity contribution is -0.206. The molecule has 1 aromatic rings. The molecule has 1 heterocycles. The van der Waals surface area contributed by atoms with E-state index in [9.17, 15) is 18.0 Å². The monoisotopic (exact) mass is 237 g/mol. The van der Waals surface area contributed by atoms with E-state index >= 15 is 0 Å². The number of carbonyl (C=O) groups is 1. The zero-order valence-electron chi connectivity index (χ0n) is 8.34. The first kappa shape index (κ1) is 12.6. The lowest BCUT2D eigenvalue weighted by atomic mass is 10.0. The van der Waals surface area contributed by atoms with Crippen LogP contribution in [-0.4, -0.2) is 22.8 Å². The minimum absolute atomic E-state index is 0.233. The van der Waals surface area contributed by atoms with Gasteiger partial charge >= 0.3 is 12.1 Å². The van der Waals surface area contributed by atoms with E-state index in [-0.39, 0.29) is 12.3 Å². The third-order valence-corrected chi connectivity index (χ3v) is 2.19. The molecule has 0 amide bonds. The second kappa shape index (κ2) is 4.17. The average Bonchev–Trinajstić information content (AvgIpc) is 2.64. The molecule has 0 aliphatic carbocycles. The number of halogens is 3. The van der Waals surface area contributed by atoms with Gasteiger partial charge in [-0.3, -0.25) is 5.32 Å². The Labute approximate surface area is 89.1 Å². The first-order valence-corrected chi connectivity index (χ1v) is 4.35. The second-order valence-electron chi connectivity index (χ2n) is 3.36. The highest BCUT2D eigenvalue weighted by Gasteiger charge is 2.57. The van der Waals surface area contributed by atoms with Crippen molar-refractivity contribution in [3.63, 3.8) is 0 Å². The van der Waals surface area contributed by atoms with Gasteiger partial charge in [0.1, 0.15) is 5.76 Å². The molecule has 0 bridgehead atoms. The molecule has 0 aromatic carbocycles. The van der Waals surface area contributed by atoms with Crippen LogP contribution in [0.15, 0.2) is 22.8 Å². The molecular formula is C9H10F3NO3. The van der Waals surface area contributed by atoms with Crippen LogP contribution < -0.4 is 5.32 Å². The third kappa shape index (κ3) is 2.35. The predicted octanol–water partition coefficient (Wildman–Crippen LogP) is 1.77. The minimum Gasteiger partial charge on any atom is -0.480 e. The van der Waals surface area contributed by atoms with Crippen molar-refractivity contribution in [2.75, 3.05) is 0 Å². The fourth-order valence-corrected chi connectivity index (χ4v) is 0.974. The molecule has 1 rings (SSSR count). The molecule has 2 N–H and O–H groups in total. The molecule has 0 fully saturated rings. The van der Waals surface area contributed by atoms with Crippen molar-refractivity contribution in [3.8, 4) is 0 Å². The molecule has 0 aliphatic rings. The molecule has 1 atom stereocenters. The van der Waals surface area contributed by atoms with Crippen LogP contribution in [0.5, 0.6) is 0 Å². The zero-order chi connectivity index (χ0) is 12.4. The Hall–Kier alpha value is -1.50. The van der Waals surface area contributed by atoms with E-state index in [0.29, 0.717) is 6.92 Å². The normalized spacial score (nSPS) is 15.8. The third-order valence-electron chi connectivity index (χ3n) is 2.19. The van der Waals surface area contributed by atoms with Crippen molar-refractivity contribution in [3.05, 3.63) is 24.2 Å². The Morgan fingerprint density at radius 2 is 2.19 bits per heavy atom. The van der Waals surface area contributed by atoms with Crippen LogP contribution >= 0.6 is 0 Å². The Bertz CT molecular complexity index is 361. The summed E-state index contributed by atoms with van der Waals surface area (Å²) in [7, 11) is 0. The van der Waals surface area contributed by atoms with Crippen LogP contribution in [-0.2, 0) is 11.3 Å². The van der Waals surface area contributed by atoms with E-state index in [1.807, 2.05) is 5.32 Å². The molecule has 0 saturated heterocycles. The van der Waals surface area contributed by atoms with E-state index in [4.69, 9.17) is 9.52 Å². The lowest BCUT2D eigenvalue weighted by Crippen LogP contribution is -2.59. The van der Waals surface area contributed by atoms with Gasteiger partial charge in [0, 0.05) is 0 Å². The maximum Gasteiger partial charge on any atom is 0.417 e. The number of carboxylic acid groups (broad SMARTS) is 1. The first-order chi connectivity index (χ1) is 7.27. The SMILES string of the molecule is CC(NCc1ccco1)(C(=O)O)C(F)(F)F. The number of aliphatic carboxylic acids is 1. The molecule has 0 spiro atoms. The van der Waals surface area contributed by atoms with Crippen LogP contribution in [0.1, 0.15) is 12.7 Å². The van der Waals surface area contributed by atoms with E-state index < -0.39 is 17.7 Å². The van der Waals surface area contributed by atoms with Gasteiger partial charge in [-0.2, -0.15) is 13.2 Å². The Morgan fingerprint density at radius 3 is 2.56 bits per heavy atom. The van der Waals surface area contributed by atoms with Gasteiger partial charge < -0.3 is 9.52 Å². The summed E-state index contributed by atoms with van der Waals surface area (Å²) in [6.45, 7) is 0.258. The highest BCUT2D eigenvalue weighted by Crippen LogP contribution is 2.30. The largest absolute Gasteiger partial charge is 0.480 e. The maximum atomic E-state index is 12.5. The number of hydrogen-bond acceptors (Lipinski definition) is 3. The summed E-state index contributed by atoms with van der Waals surface area (Å²) in [6, 6.07) is 2.95. The van der Waals surface area contributed by atoms with Gasteiger partial charge in [0.25, 0.3) is 0 Å². The Kier molecular flexibility index (Phi) is 3.27. The zero-order valence-corrected chi connectivity index (χ0v) is 8.34. The molecule has 0 radical (unpaired) electrons. The van der Waals surface area contributed by atoms with Crippen molar-refractivity contribution in [2.45, 2.75) is 25.2 Å². The van der Waals surface area contributed by atoms with E-state index in [1.54, 1.807) is 0 Å². The summed E-state index contributed by atoms with van der Waals surface area (Å²) < 4.78 is 42.3. The number of furan rings is 1. The van der Waals surface area contributed by atoms with Crippen molar-refractivity contribution in [2.24, 2.45) is 0 Å². The highest BCUT2D eigenvalue weighted by molar-refractivity contribution is 5.79. The summed E-state index contributed by atoms with van der Waals surface area (Å²) in [5.74, 6) is -1.75. The second-order valence-corrected chi connectivity index (χ2v) is 3.36.